The fraction of sp³-hybridized carbons (Fsp3) is 0.214. The number of nitrogens with zero attached hydrogens (tertiary/aromatic N) is 2. The standard InChI is InChI=1S/C14H16ClN3O/c1-18(14-13(19-2)4-3-7-17-14)9-10-8-11(16)5-6-12(10)15/h3-8H,9,16H2,1-2H3. The van der Waals surface area contributed by atoms with Crippen LogP contribution in [-0.4, -0.2) is 19.1 Å². The van der Waals surface area contributed by atoms with Gasteiger partial charge in [0.05, 0.1) is 7.11 Å². The Balaban J connectivity index is 2.25. The van der Waals surface area contributed by atoms with Crippen LogP contribution in [0.3, 0.4) is 0 Å². The second-order valence-electron chi connectivity index (χ2n) is 4.24. The van der Waals surface area contributed by atoms with Crippen LogP contribution >= 0.6 is 11.6 Å². The average molecular weight is 278 g/mol. The number of hydrogen-bond acceptors (Lipinski definition) is 4. The Hall–Kier alpha value is -1.94. The number of anilines is 2. The van der Waals surface area contributed by atoms with Gasteiger partial charge < -0.3 is 15.4 Å². The first-order chi connectivity index (χ1) is 9.11. The van der Waals surface area contributed by atoms with E-state index in [-0.39, 0.29) is 0 Å². The van der Waals surface area contributed by atoms with Crippen molar-refractivity contribution in [1.29, 1.82) is 0 Å². The van der Waals surface area contributed by atoms with E-state index in [0.717, 1.165) is 17.1 Å². The molecule has 0 saturated carbocycles. The van der Waals surface area contributed by atoms with E-state index in [9.17, 15) is 0 Å². The van der Waals surface area contributed by atoms with Gasteiger partial charge in [-0.25, -0.2) is 4.98 Å². The molecule has 1 heterocycles. The van der Waals surface area contributed by atoms with Crippen molar-refractivity contribution in [1.82, 2.24) is 4.98 Å². The molecule has 2 rings (SSSR count). The number of benzene rings is 1. The number of nitrogen functional groups attached to an aromatic ring is 1. The summed E-state index contributed by atoms with van der Waals surface area (Å²) >= 11 is 6.17. The monoisotopic (exact) mass is 277 g/mol. The summed E-state index contributed by atoms with van der Waals surface area (Å²) in [5.74, 6) is 1.49. The summed E-state index contributed by atoms with van der Waals surface area (Å²) in [6, 6.07) is 9.17. The van der Waals surface area contributed by atoms with Crippen molar-refractivity contribution in [2.75, 3.05) is 24.8 Å². The minimum absolute atomic E-state index is 0.608. The Morgan fingerprint density at radius 1 is 1.37 bits per heavy atom. The molecule has 0 aliphatic rings. The fourth-order valence-electron chi connectivity index (χ4n) is 1.87. The van der Waals surface area contributed by atoms with Crippen molar-refractivity contribution >= 4 is 23.1 Å². The minimum atomic E-state index is 0.608. The molecular formula is C14H16ClN3O. The maximum atomic E-state index is 6.17. The second kappa shape index (κ2) is 5.80. The molecule has 1 aromatic carbocycles. The van der Waals surface area contributed by atoms with Gasteiger partial charge in [0.2, 0.25) is 0 Å². The summed E-state index contributed by atoms with van der Waals surface area (Å²) in [7, 11) is 3.56. The number of hydrogen-bond donors (Lipinski definition) is 1. The first-order valence-electron chi connectivity index (χ1n) is 5.86. The van der Waals surface area contributed by atoms with Gasteiger partial charge in [0, 0.05) is 30.5 Å². The normalized spacial score (nSPS) is 10.3. The number of ether oxygens (including phenoxy) is 1. The third-order valence-corrected chi connectivity index (χ3v) is 3.18. The van der Waals surface area contributed by atoms with Crippen molar-refractivity contribution in [3.8, 4) is 5.75 Å². The second-order valence-corrected chi connectivity index (χ2v) is 4.64. The molecule has 4 nitrogen and oxygen atoms in total. The molecule has 0 unspecified atom stereocenters. The lowest BCUT2D eigenvalue weighted by Gasteiger charge is -2.21. The molecule has 0 saturated heterocycles. The topological polar surface area (TPSA) is 51.4 Å². The Labute approximate surface area is 117 Å². The molecule has 0 radical (unpaired) electrons. The predicted octanol–water partition coefficient (Wildman–Crippen LogP) is 2.96. The van der Waals surface area contributed by atoms with E-state index >= 15 is 0 Å². The molecule has 0 aliphatic carbocycles. The van der Waals surface area contributed by atoms with Gasteiger partial charge in [-0.15, -0.1) is 0 Å². The molecule has 0 bridgehead atoms. The number of aromatic nitrogens is 1. The summed E-state index contributed by atoms with van der Waals surface area (Å²) in [6.07, 6.45) is 1.73. The summed E-state index contributed by atoms with van der Waals surface area (Å²) < 4.78 is 5.30. The SMILES string of the molecule is COc1cccnc1N(C)Cc1cc(N)ccc1Cl. The Kier molecular flexibility index (Phi) is 4.12. The van der Waals surface area contributed by atoms with Crippen molar-refractivity contribution in [3.05, 3.63) is 47.1 Å². The van der Waals surface area contributed by atoms with Gasteiger partial charge in [-0.1, -0.05) is 11.6 Å². The van der Waals surface area contributed by atoms with Crippen LogP contribution in [0.5, 0.6) is 5.75 Å². The minimum Gasteiger partial charge on any atom is -0.493 e. The van der Waals surface area contributed by atoms with Crippen LogP contribution in [0.2, 0.25) is 5.02 Å². The van der Waals surface area contributed by atoms with Crippen molar-refractivity contribution < 1.29 is 4.74 Å². The first-order valence-corrected chi connectivity index (χ1v) is 6.23. The number of rotatable bonds is 4. The van der Waals surface area contributed by atoms with Gasteiger partial charge in [-0.2, -0.15) is 0 Å². The molecule has 19 heavy (non-hydrogen) atoms. The largest absolute Gasteiger partial charge is 0.493 e. The summed E-state index contributed by atoms with van der Waals surface area (Å²) in [4.78, 5) is 6.30. The van der Waals surface area contributed by atoms with Crippen LogP contribution in [-0.2, 0) is 6.54 Å². The van der Waals surface area contributed by atoms with Crippen molar-refractivity contribution in [2.24, 2.45) is 0 Å². The Morgan fingerprint density at radius 2 is 2.16 bits per heavy atom. The third-order valence-electron chi connectivity index (χ3n) is 2.81. The van der Waals surface area contributed by atoms with Crippen LogP contribution in [0.15, 0.2) is 36.5 Å². The molecule has 0 spiro atoms. The number of pyridine rings is 1. The van der Waals surface area contributed by atoms with Crippen LogP contribution in [0.1, 0.15) is 5.56 Å². The number of methoxy groups -OCH3 is 1. The third kappa shape index (κ3) is 3.09. The lowest BCUT2D eigenvalue weighted by atomic mass is 10.2. The molecule has 0 amide bonds. The van der Waals surface area contributed by atoms with Crippen molar-refractivity contribution in [2.45, 2.75) is 6.54 Å². The van der Waals surface area contributed by atoms with Crippen LogP contribution in [0, 0.1) is 0 Å². The van der Waals surface area contributed by atoms with E-state index in [1.165, 1.54) is 0 Å². The van der Waals surface area contributed by atoms with E-state index in [0.29, 0.717) is 17.3 Å². The Morgan fingerprint density at radius 3 is 2.89 bits per heavy atom. The highest BCUT2D eigenvalue weighted by Crippen LogP contribution is 2.27. The maximum absolute atomic E-state index is 6.17. The van der Waals surface area contributed by atoms with Gasteiger partial charge >= 0.3 is 0 Å². The summed E-state index contributed by atoms with van der Waals surface area (Å²) in [5.41, 5.74) is 7.43. The molecule has 1 aromatic heterocycles. The zero-order valence-electron chi connectivity index (χ0n) is 10.9. The zero-order chi connectivity index (χ0) is 13.8. The lowest BCUT2D eigenvalue weighted by molar-refractivity contribution is 0.413. The molecule has 5 heteroatoms. The molecule has 100 valence electrons. The quantitative estimate of drug-likeness (QED) is 0.873. The summed E-state index contributed by atoms with van der Waals surface area (Å²) in [5, 5.41) is 0.691. The molecular weight excluding hydrogens is 262 g/mol. The molecule has 0 fully saturated rings. The molecule has 0 atom stereocenters. The lowest BCUT2D eigenvalue weighted by Crippen LogP contribution is -2.18. The molecule has 2 N–H and O–H groups in total. The van der Waals surface area contributed by atoms with Gasteiger partial charge in [0.1, 0.15) is 0 Å². The first kappa shape index (κ1) is 13.5. The van der Waals surface area contributed by atoms with E-state index in [2.05, 4.69) is 4.98 Å². The zero-order valence-corrected chi connectivity index (χ0v) is 11.7. The Bertz CT molecular complexity index is 574. The number of halogens is 1. The van der Waals surface area contributed by atoms with Gasteiger partial charge in [0.15, 0.2) is 11.6 Å². The van der Waals surface area contributed by atoms with Crippen LogP contribution < -0.4 is 15.4 Å². The average Bonchev–Trinajstić information content (AvgIpc) is 2.42. The van der Waals surface area contributed by atoms with E-state index in [4.69, 9.17) is 22.1 Å². The molecule has 2 aromatic rings. The highest BCUT2D eigenvalue weighted by atomic mass is 35.5. The maximum Gasteiger partial charge on any atom is 0.171 e. The van der Waals surface area contributed by atoms with Crippen molar-refractivity contribution in [3.63, 3.8) is 0 Å². The summed E-state index contributed by atoms with van der Waals surface area (Å²) in [6.45, 7) is 0.608. The van der Waals surface area contributed by atoms with E-state index in [1.54, 1.807) is 25.4 Å². The van der Waals surface area contributed by atoms with Crippen LogP contribution in [0.25, 0.3) is 0 Å². The highest BCUT2D eigenvalue weighted by molar-refractivity contribution is 6.31. The van der Waals surface area contributed by atoms with Gasteiger partial charge in [-0.05, 0) is 35.9 Å². The molecule has 0 aliphatic heterocycles. The fourth-order valence-corrected chi connectivity index (χ4v) is 2.05. The number of nitrogens with two attached hydrogens (primary N) is 1. The predicted molar refractivity (Wildman–Crippen MR) is 78.8 cm³/mol. The van der Waals surface area contributed by atoms with E-state index < -0.39 is 0 Å². The van der Waals surface area contributed by atoms with Crippen LogP contribution in [0.4, 0.5) is 11.5 Å². The smallest absolute Gasteiger partial charge is 0.171 e. The van der Waals surface area contributed by atoms with E-state index in [1.807, 2.05) is 30.1 Å². The van der Waals surface area contributed by atoms with Gasteiger partial charge in [0.25, 0.3) is 0 Å². The van der Waals surface area contributed by atoms with Gasteiger partial charge in [-0.3, -0.25) is 0 Å². The highest BCUT2D eigenvalue weighted by Gasteiger charge is 2.11.